The van der Waals surface area contributed by atoms with Crippen LogP contribution < -0.4 is 23.5 Å². The van der Waals surface area contributed by atoms with Crippen molar-refractivity contribution in [3.05, 3.63) is 112 Å². The number of fused-ring (bicyclic) bond motifs is 2. The molecule has 1 saturated heterocycles. The highest BCUT2D eigenvalue weighted by molar-refractivity contribution is 7.92. The van der Waals surface area contributed by atoms with E-state index in [-0.39, 0.29) is 72.3 Å². The Labute approximate surface area is 315 Å². The third-order valence-electron chi connectivity index (χ3n) is 9.55. The summed E-state index contributed by atoms with van der Waals surface area (Å²) in [6.07, 6.45) is 3.89. The van der Waals surface area contributed by atoms with E-state index >= 15 is 0 Å². The van der Waals surface area contributed by atoms with E-state index in [4.69, 9.17) is 35.2 Å². The van der Waals surface area contributed by atoms with Crippen LogP contribution in [-0.4, -0.2) is 76.6 Å². The van der Waals surface area contributed by atoms with Crippen LogP contribution in [0.5, 0.6) is 23.0 Å². The molecule has 274 valence electrons. The van der Waals surface area contributed by atoms with Crippen LogP contribution in [-0.2, 0) is 58.3 Å². The zero-order valence-corrected chi connectivity index (χ0v) is 31.0. The predicted octanol–water partition coefficient (Wildman–Crippen LogP) is 2.93. The molecular weight excluding hydrogens is 723 g/mol. The van der Waals surface area contributed by atoms with Crippen molar-refractivity contribution in [2.75, 3.05) is 26.5 Å². The van der Waals surface area contributed by atoms with E-state index in [1.807, 2.05) is 70.1 Å². The van der Waals surface area contributed by atoms with Crippen LogP contribution in [0.3, 0.4) is 0 Å². The molecule has 3 aromatic carbocycles. The molecule has 1 unspecified atom stereocenters. The summed E-state index contributed by atoms with van der Waals surface area (Å²) in [5, 5.41) is -0.397. The monoisotopic (exact) mass is 759 g/mol. The fourth-order valence-electron chi connectivity index (χ4n) is 6.60. The average Bonchev–Trinajstić information content (AvgIpc) is 3.58. The van der Waals surface area contributed by atoms with Crippen molar-refractivity contribution in [1.82, 2.24) is 14.4 Å². The fourth-order valence-corrected chi connectivity index (χ4v) is 8.44. The number of carbonyl (C=O) groups is 3. The number of β-lactam (4-membered cyclic amide) rings is 1. The number of benzene rings is 3. The van der Waals surface area contributed by atoms with Crippen LogP contribution in [0, 0.1) is 0 Å². The molecule has 0 N–H and O–H groups in total. The summed E-state index contributed by atoms with van der Waals surface area (Å²) in [4.78, 5) is 42.5. The standard InChI is InChI=1S/C37H37BClN4O9S/c1-48-26-7-3-23(4-8-26)20-50-29-12-11-28(33(39)35(29)51-21-24-5-9-27(49-2)10-6-24)36(45)42-16-14-40-13-15-41(30(40)19-42)18-25-22-53(47)32-17-31(44)43(32)34(25)37(46)52-38/h3-13,15,32H,14,16-22,38H2,1-2H3/q+1/t32-,53?/m1/s1. The van der Waals surface area contributed by atoms with E-state index in [0.717, 1.165) is 22.7 Å². The second-order valence-corrected chi connectivity index (χ2v) is 14.7. The summed E-state index contributed by atoms with van der Waals surface area (Å²) in [6.45, 7) is 1.74. The minimum atomic E-state index is -1.35. The summed E-state index contributed by atoms with van der Waals surface area (Å²) < 4.78 is 44.9. The highest BCUT2D eigenvalue weighted by Gasteiger charge is 2.53. The first kappa shape index (κ1) is 36.3. The molecule has 0 aliphatic carbocycles. The molecule has 2 amide bonds. The second kappa shape index (κ2) is 15.5. The lowest BCUT2D eigenvalue weighted by molar-refractivity contribution is -0.710. The van der Waals surface area contributed by atoms with Gasteiger partial charge < -0.3 is 33.1 Å². The number of carbonyl (C=O) groups excluding carboxylic acids is 3. The SMILES string of the molecule is BOC(=O)C1=C(Cn2cc[n+]3c2CN(C(=O)c2ccc(OCc4ccc(OC)cc4)c(OCc4ccc(OC)cc4)c2Cl)CC3)C[S+]([O-])[C@@H]2CC(=O)N12. The van der Waals surface area contributed by atoms with Gasteiger partial charge in [0.15, 0.2) is 11.5 Å². The molecule has 1 aromatic heterocycles. The molecule has 2 atom stereocenters. The lowest BCUT2D eigenvalue weighted by Crippen LogP contribution is -2.60. The Morgan fingerprint density at radius 3 is 2.26 bits per heavy atom. The first-order valence-electron chi connectivity index (χ1n) is 16.9. The van der Waals surface area contributed by atoms with E-state index in [2.05, 4.69) is 0 Å². The highest BCUT2D eigenvalue weighted by Crippen LogP contribution is 2.40. The van der Waals surface area contributed by atoms with Crippen molar-refractivity contribution in [2.24, 2.45) is 0 Å². The summed E-state index contributed by atoms with van der Waals surface area (Å²) >= 11 is 5.66. The number of ether oxygens (including phenoxy) is 4. The van der Waals surface area contributed by atoms with Crippen molar-refractivity contribution in [3.8, 4) is 23.0 Å². The zero-order chi connectivity index (χ0) is 37.2. The van der Waals surface area contributed by atoms with Crippen molar-refractivity contribution in [3.63, 3.8) is 0 Å². The number of halogens is 1. The van der Waals surface area contributed by atoms with Gasteiger partial charge in [-0.05, 0) is 58.7 Å². The molecule has 1 fully saturated rings. The molecule has 4 aromatic rings. The number of amides is 2. The number of hydrogen-bond acceptors (Lipinski definition) is 9. The number of imidazole rings is 1. The summed E-state index contributed by atoms with van der Waals surface area (Å²) in [5.74, 6) is 1.79. The maximum absolute atomic E-state index is 14.2. The van der Waals surface area contributed by atoms with Crippen LogP contribution in [0.1, 0.15) is 33.7 Å². The average molecular weight is 760 g/mol. The molecule has 0 saturated carbocycles. The number of hydrogen-bond donors (Lipinski definition) is 0. The van der Waals surface area contributed by atoms with Gasteiger partial charge in [0, 0.05) is 0 Å². The number of aromatic nitrogens is 2. The van der Waals surface area contributed by atoms with Gasteiger partial charge in [0.05, 0.1) is 43.3 Å². The van der Waals surface area contributed by atoms with E-state index in [9.17, 15) is 18.9 Å². The summed E-state index contributed by atoms with van der Waals surface area (Å²) in [6, 6.07) is 18.3. The van der Waals surface area contributed by atoms with Gasteiger partial charge in [0.2, 0.25) is 11.3 Å². The van der Waals surface area contributed by atoms with Gasteiger partial charge in [-0.2, -0.15) is 0 Å². The quantitative estimate of drug-likeness (QED) is 0.0925. The minimum Gasteiger partial charge on any atom is -0.614 e. The first-order chi connectivity index (χ1) is 25.7. The number of rotatable bonds is 12. The molecule has 7 rings (SSSR count). The lowest BCUT2D eigenvalue weighted by Gasteiger charge is -2.44. The predicted molar refractivity (Wildman–Crippen MR) is 195 cm³/mol. The van der Waals surface area contributed by atoms with E-state index in [1.165, 1.54) is 12.9 Å². The van der Waals surface area contributed by atoms with Crippen molar-refractivity contribution < 1.29 is 47.1 Å². The molecular formula is C37H37BClN4O9S+. The normalized spacial score (nSPS) is 17.8. The maximum atomic E-state index is 14.2. The number of methoxy groups -OCH3 is 2. The highest BCUT2D eigenvalue weighted by atomic mass is 35.5. The minimum absolute atomic E-state index is 0.121. The second-order valence-electron chi connectivity index (χ2n) is 12.7. The van der Waals surface area contributed by atoms with Crippen LogP contribution in [0.4, 0.5) is 0 Å². The van der Waals surface area contributed by atoms with Crippen molar-refractivity contribution >= 4 is 48.6 Å². The van der Waals surface area contributed by atoms with Gasteiger partial charge in [0.25, 0.3) is 11.7 Å². The Morgan fingerprint density at radius 1 is 0.981 bits per heavy atom. The summed E-state index contributed by atoms with van der Waals surface area (Å²) in [7, 11) is 4.46. The third kappa shape index (κ3) is 7.28. The van der Waals surface area contributed by atoms with Crippen LogP contribution in [0.2, 0.25) is 5.02 Å². The van der Waals surface area contributed by atoms with Crippen LogP contribution in [0.25, 0.3) is 0 Å². The first-order valence-corrected chi connectivity index (χ1v) is 18.6. The van der Waals surface area contributed by atoms with E-state index in [1.54, 1.807) is 31.3 Å². The fraction of sp³-hybridized carbons (Fsp3) is 0.297. The molecule has 0 spiro atoms. The third-order valence-corrected chi connectivity index (χ3v) is 11.5. The molecule has 3 aliphatic rings. The van der Waals surface area contributed by atoms with Gasteiger partial charge in [-0.25, -0.2) is 13.9 Å². The Morgan fingerprint density at radius 2 is 1.64 bits per heavy atom. The van der Waals surface area contributed by atoms with Crippen LogP contribution in [0.15, 0.2) is 84.3 Å². The maximum Gasteiger partial charge on any atom is 0.337 e. The zero-order valence-electron chi connectivity index (χ0n) is 29.4. The van der Waals surface area contributed by atoms with Gasteiger partial charge in [0.1, 0.15) is 68.2 Å². The molecule has 0 radical (unpaired) electrons. The summed E-state index contributed by atoms with van der Waals surface area (Å²) in [5.41, 5.74) is 2.70. The molecule has 16 heteroatoms. The Kier molecular flexibility index (Phi) is 10.6. The molecule has 0 bridgehead atoms. The lowest BCUT2D eigenvalue weighted by atomic mass is 10.1. The van der Waals surface area contributed by atoms with Gasteiger partial charge in [-0.1, -0.05) is 35.9 Å². The van der Waals surface area contributed by atoms with Gasteiger partial charge >= 0.3 is 14.0 Å². The topological polar surface area (TPSA) is 136 Å². The molecule has 3 aliphatic heterocycles. The Bertz CT molecular complexity index is 2080. The van der Waals surface area contributed by atoms with Gasteiger partial charge in [-0.3, -0.25) is 14.5 Å². The van der Waals surface area contributed by atoms with Crippen molar-refractivity contribution in [1.29, 1.82) is 0 Å². The van der Waals surface area contributed by atoms with E-state index in [0.29, 0.717) is 30.2 Å². The van der Waals surface area contributed by atoms with E-state index < -0.39 is 22.5 Å². The number of nitrogens with zero attached hydrogens (tertiary/aromatic N) is 4. The van der Waals surface area contributed by atoms with Crippen molar-refractivity contribution in [2.45, 2.75) is 44.6 Å². The molecule has 53 heavy (non-hydrogen) atoms. The van der Waals surface area contributed by atoms with Crippen LogP contribution >= 0.6 is 11.6 Å². The molecule has 13 nitrogen and oxygen atoms in total. The molecule has 4 heterocycles. The smallest absolute Gasteiger partial charge is 0.337 e. The Balaban J connectivity index is 1.13. The van der Waals surface area contributed by atoms with Gasteiger partial charge in [-0.15, -0.1) is 0 Å². The Hall–Kier alpha value is -5.12. The largest absolute Gasteiger partial charge is 0.614 e.